The van der Waals surface area contributed by atoms with Crippen molar-refractivity contribution < 1.29 is 4.42 Å². The molecule has 2 rings (SSSR count). The second-order valence-electron chi connectivity index (χ2n) is 7.17. The molecule has 0 saturated heterocycles. The Hall–Kier alpha value is -0.800. The average Bonchev–Trinajstić information content (AvgIpc) is 3.10. The Morgan fingerprint density at radius 1 is 1.35 bits per heavy atom. The highest BCUT2D eigenvalue weighted by atomic mass is 16.3. The van der Waals surface area contributed by atoms with Crippen LogP contribution in [0, 0.1) is 12.8 Å². The zero-order chi connectivity index (χ0) is 14.8. The van der Waals surface area contributed by atoms with Crippen LogP contribution in [-0.2, 0) is 13.1 Å². The lowest BCUT2D eigenvalue weighted by Gasteiger charge is -2.19. The molecule has 1 saturated carbocycles. The van der Waals surface area contributed by atoms with Crippen molar-refractivity contribution in [2.75, 3.05) is 13.1 Å². The summed E-state index contributed by atoms with van der Waals surface area (Å²) in [4.78, 5) is 2.54. The molecule has 1 fully saturated rings. The Labute approximate surface area is 123 Å². The van der Waals surface area contributed by atoms with Gasteiger partial charge in [0.2, 0.25) is 0 Å². The quantitative estimate of drug-likeness (QED) is 0.824. The molecule has 20 heavy (non-hydrogen) atoms. The summed E-state index contributed by atoms with van der Waals surface area (Å²) in [6.07, 6.45) is 2.84. The predicted octanol–water partition coefficient (Wildman–Crippen LogP) is 3.71. The second kappa shape index (κ2) is 6.31. The summed E-state index contributed by atoms with van der Waals surface area (Å²) in [5.74, 6) is 3.07. The van der Waals surface area contributed by atoms with Crippen LogP contribution in [0.4, 0.5) is 0 Å². The minimum Gasteiger partial charge on any atom is -0.465 e. The number of rotatable bonds is 7. The predicted molar refractivity (Wildman–Crippen MR) is 83.7 cm³/mol. The highest BCUT2D eigenvalue weighted by Crippen LogP contribution is 2.30. The lowest BCUT2D eigenvalue weighted by molar-refractivity contribution is 0.266. The monoisotopic (exact) mass is 278 g/mol. The molecule has 0 aliphatic heterocycles. The van der Waals surface area contributed by atoms with Crippen molar-refractivity contribution in [1.29, 1.82) is 0 Å². The molecule has 1 heterocycles. The van der Waals surface area contributed by atoms with Crippen LogP contribution in [0.1, 0.15) is 57.6 Å². The van der Waals surface area contributed by atoms with Crippen LogP contribution < -0.4 is 5.32 Å². The van der Waals surface area contributed by atoms with Crippen LogP contribution in [0.5, 0.6) is 0 Å². The Kier molecular flexibility index (Phi) is 4.92. The first-order valence-corrected chi connectivity index (χ1v) is 7.93. The van der Waals surface area contributed by atoms with Crippen LogP contribution >= 0.6 is 0 Å². The molecule has 0 amide bonds. The Bertz CT molecular complexity index is 427. The Balaban J connectivity index is 1.91. The molecule has 114 valence electrons. The maximum atomic E-state index is 5.89. The van der Waals surface area contributed by atoms with E-state index in [4.69, 9.17) is 4.42 Å². The molecule has 0 unspecified atom stereocenters. The topological polar surface area (TPSA) is 28.4 Å². The van der Waals surface area contributed by atoms with Gasteiger partial charge < -0.3 is 9.73 Å². The van der Waals surface area contributed by atoms with Crippen molar-refractivity contribution in [3.63, 3.8) is 0 Å². The van der Waals surface area contributed by atoms with E-state index in [2.05, 4.69) is 50.9 Å². The molecule has 3 nitrogen and oxygen atoms in total. The molecule has 0 atom stereocenters. The largest absolute Gasteiger partial charge is 0.465 e. The van der Waals surface area contributed by atoms with E-state index in [-0.39, 0.29) is 5.54 Å². The maximum absolute atomic E-state index is 5.89. The van der Waals surface area contributed by atoms with Crippen molar-refractivity contribution in [2.45, 2.75) is 66.1 Å². The van der Waals surface area contributed by atoms with Gasteiger partial charge in [-0.05, 0) is 59.1 Å². The minimum absolute atomic E-state index is 0.127. The van der Waals surface area contributed by atoms with Gasteiger partial charge in [-0.15, -0.1) is 0 Å². The van der Waals surface area contributed by atoms with Crippen LogP contribution in [0.3, 0.4) is 0 Å². The second-order valence-corrected chi connectivity index (χ2v) is 7.17. The van der Waals surface area contributed by atoms with Gasteiger partial charge in [0.05, 0.1) is 6.54 Å². The molecule has 1 aliphatic rings. The zero-order valence-corrected chi connectivity index (χ0v) is 13.8. The van der Waals surface area contributed by atoms with Crippen molar-refractivity contribution in [2.24, 2.45) is 5.92 Å². The van der Waals surface area contributed by atoms with E-state index in [1.54, 1.807) is 0 Å². The summed E-state index contributed by atoms with van der Waals surface area (Å²) in [6, 6.07) is 2.23. The average molecular weight is 278 g/mol. The van der Waals surface area contributed by atoms with E-state index >= 15 is 0 Å². The lowest BCUT2D eigenvalue weighted by Crippen LogP contribution is -2.34. The number of nitrogens with zero attached hydrogens (tertiary/aromatic N) is 1. The fourth-order valence-electron chi connectivity index (χ4n) is 2.40. The summed E-state index contributed by atoms with van der Waals surface area (Å²) in [6.45, 7) is 15.1. The van der Waals surface area contributed by atoms with Crippen LogP contribution in [0.2, 0.25) is 0 Å². The van der Waals surface area contributed by atoms with E-state index in [0.717, 1.165) is 37.1 Å². The number of hydrogen-bond donors (Lipinski definition) is 1. The molecule has 3 heteroatoms. The number of aryl methyl sites for hydroxylation is 1. The smallest absolute Gasteiger partial charge is 0.118 e. The highest BCUT2D eigenvalue weighted by Gasteiger charge is 2.24. The first kappa shape index (κ1) is 15.6. The van der Waals surface area contributed by atoms with Gasteiger partial charge in [0.25, 0.3) is 0 Å². The molecule has 1 aromatic rings. The fourth-order valence-corrected chi connectivity index (χ4v) is 2.40. The Morgan fingerprint density at radius 3 is 2.60 bits per heavy atom. The van der Waals surface area contributed by atoms with E-state index in [0.29, 0.717) is 0 Å². The van der Waals surface area contributed by atoms with Crippen LogP contribution in [0.15, 0.2) is 10.5 Å². The van der Waals surface area contributed by atoms with Crippen molar-refractivity contribution in [3.8, 4) is 0 Å². The van der Waals surface area contributed by atoms with Crippen molar-refractivity contribution >= 4 is 0 Å². The molecule has 0 radical (unpaired) electrons. The summed E-state index contributed by atoms with van der Waals surface area (Å²) >= 11 is 0. The molecule has 0 aromatic carbocycles. The first-order chi connectivity index (χ1) is 9.37. The number of hydrogen-bond acceptors (Lipinski definition) is 3. The first-order valence-electron chi connectivity index (χ1n) is 7.93. The highest BCUT2D eigenvalue weighted by molar-refractivity contribution is 5.21. The van der Waals surface area contributed by atoms with Gasteiger partial charge in [-0.1, -0.05) is 6.92 Å². The number of nitrogens with one attached hydrogen (secondary N) is 1. The molecule has 0 spiro atoms. The molecular formula is C17H30N2O. The standard InChI is InChI=1S/C17H30N2O/c1-6-19(11-14-7-8-14)12-15-9-16(20-13(15)2)10-18-17(3,4)5/h9,14,18H,6-8,10-12H2,1-5H3. The van der Waals surface area contributed by atoms with E-state index < -0.39 is 0 Å². The van der Waals surface area contributed by atoms with Gasteiger partial charge >= 0.3 is 0 Å². The van der Waals surface area contributed by atoms with Gasteiger partial charge in [-0.3, -0.25) is 4.90 Å². The summed E-state index contributed by atoms with van der Waals surface area (Å²) in [5.41, 5.74) is 1.47. The third kappa shape index (κ3) is 4.95. The SMILES string of the molecule is CCN(Cc1cc(CNC(C)(C)C)oc1C)CC1CC1. The third-order valence-corrected chi connectivity index (χ3v) is 3.92. The van der Waals surface area contributed by atoms with Gasteiger partial charge in [-0.25, -0.2) is 0 Å². The van der Waals surface area contributed by atoms with Gasteiger partial charge in [0.1, 0.15) is 11.5 Å². The molecule has 0 bridgehead atoms. The van der Waals surface area contributed by atoms with Crippen LogP contribution in [0.25, 0.3) is 0 Å². The van der Waals surface area contributed by atoms with Crippen molar-refractivity contribution in [3.05, 3.63) is 23.2 Å². The van der Waals surface area contributed by atoms with Gasteiger partial charge in [-0.2, -0.15) is 0 Å². The Morgan fingerprint density at radius 2 is 2.05 bits per heavy atom. The lowest BCUT2D eigenvalue weighted by atomic mass is 10.1. The normalized spacial score (nSPS) is 16.1. The van der Waals surface area contributed by atoms with E-state index in [9.17, 15) is 0 Å². The van der Waals surface area contributed by atoms with Crippen molar-refractivity contribution in [1.82, 2.24) is 10.2 Å². The zero-order valence-electron chi connectivity index (χ0n) is 13.8. The number of furan rings is 1. The summed E-state index contributed by atoms with van der Waals surface area (Å²) < 4.78 is 5.89. The van der Waals surface area contributed by atoms with Gasteiger partial charge in [0.15, 0.2) is 0 Å². The summed E-state index contributed by atoms with van der Waals surface area (Å²) in [5, 5.41) is 3.48. The molecular weight excluding hydrogens is 248 g/mol. The van der Waals surface area contributed by atoms with E-state index in [1.165, 1.54) is 24.9 Å². The third-order valence-electron chi connectivity index (χ3n) is 3.92. The maximum Gasteiger partial charge on any atom is 0.118 e. The fraction of sp³-hybridized carbons (Fsp3) is 0.765. The van der Waals surface area contributed by atoms with Crippen LogP contribution in [-0.4, -0.2) is 23.5 Å². The van der Waals surface area contributed by atoms with Gasteiger partial charge in [0, 0.05) is 24.2 Å². The molecule has 1 N–H and O–H groups in total. The molecule has 1 aromatic heterocycles. The minimum atomic E-state index is 0.127. The summed E-state index contributed by atoms with van der Waals surface area (Å²) in [7, 11) is 0. The van der Waals surface area contributed by atoms with E-state index in [1.807, 2.05) is 0 Å². The molecule has 1 aliphatic carbocycles.